The van der Waals surface area contributed by atoms with E-state index in [9.17, 15) is 14.4 Å². The van der Waals surface area contributed by atoms with E-state index < -0.39 is 5.97 Å². The molecule has 4 bridgehead atoms. The summed E-state index contributed by atoms with van der Waals surface area (Å²) >= 11 is 0. The molecule has 2 aromatic rings. The molecule has 0 saturated heterocycles. The van der Waals surface area contributed by atoms with Gasteiger partial charge in [0.1, 0.15) is 6.54 Å². The van der Waals surface area contributed by atoms with Gasteiger partial charge in [-0.25, -0.2) is 0 Å². The zero-order valence-electron chi connectivity index (χ0n) is 20.3. The van der Waals surface area contributed by atoms with Gasteiger partial charge >= 0.3 is 5.97 Å². The van der Waals surface area contributed by atoms with Crippen molar-refractivity contribution in [3.8, 4) is 11.1 Å². The van der Waals surface area contributed by atoms with E-state index in [-0.39, 0.29) is 36.4 Å². The summed E-state index contributed by atoms with van der Waals surface area (Å²) in [5.41, 5.74) is 2.74. The van der Waals surface area contributed by atoms with Gasteiger partial charge in [0.15, 0.2) is 6.61 Å². The molecule has 0 spiro atoms. The molecule has 4 aliphatic rings. The Morgan fingerprint density at radius 1 is 0.886 bits per heavy atom. The minimum Gasteiger partial charge on any atom is -0.454 e. The minimum absolute atomic E-state index is 0.0839. The van der Waals surface area contributed by atoms with Crippen LogP contribution in [-0.2, 0) is 14.3 Å². The highest BCUT2D eigenvalue weighted by molar-refractivity contribution is 5.96. The SMILES string of the molecule is CC(NC(=O)COC(=O)CNC(=O)c1ccc(-c2ccccc2)cc1)C12CC3CC(CC(C3)C1)C2. The number of benzene rings is 2. The Hall–Kier alpha value is -3.15. The zero-order valence-corrected chi connectivity index (χ0v) is 20.3. The second kappa shape index (κ2) is 9.84. The van der Waals surface area contributed by atoms with Crippen molar-refractivity contribution in [1.82, 2.24) is 10.6 Å². The van der Waals surface area contributed by atoms with Crippen molar-refractivity contribution in [3.63, 3.8) is 0 Å². The summed E-state index contributed by atoms with van der Waals surface area (Å²) in [6.07, 6.45) is 7.71. The van der Waals surface area contributed by atoms with Crippen LogP contribution in [0.25, 0.3) is 11.1 Å². The van der Waals surface area contributed by atoms with Crippen LogP contribution in [0.1, 0.15) is 55.8 Å². The first-order chi connectivity index (χ1) is 16.9. The maximum absolute atomic E-state index is 12.5. The maximum Gasteiger partial charge on any atom is 0.325 e. The van der Waals surface area contributed by atoms with Crippen LogP contribution < -0.4 is 10.6 Å². The van der Waals surface area contributed by atoms with Gasteiger partial charge in [-0.3, -0.25) is 14.4 Å². The van der Waals surface area contributed by atoms with Crippen LogP contribution in [0.4, 0.5) is 0 Å². The highest BCUT2D eigenvalue weighted by atomic mass is 16.5. The Labute approximate surface area is 206 Å². The predicted octanol–water partition coefficient (Wildman–Crippen LogP) is 4.35. The number of amides is 2. The van der Waals surface area contributed by atoms with Crippen LogP contribution in [0, 0.1) is 23.2 Å². The molecule has 2 amide bonds. The van der Waals surface area contributed by atoms with Crippen molar-refractivity contribution in [1.29, 1.82) is 0 Å². The normalized spacial score (nSPS) is 27.2. The quantitative estimate of drug-likeness (QED) is 0.557. The van der Waals surface area contributed by atoms with E-state index in [1.54, 1.807) is 12.1 Å². The van der Waals surface area contributed by atoms with Crippen molar-refractivity contribution >= 4 is 17.8 Å². The first kappa shape index (κ1) is 23.6. The number of hydrogen-bond acceptors (Lipinski definition) is 4. The first-order valence-electron chi connectivity index (χ1n) is 12.8. The van der Waals surface area contributed by atoms with Crippen LogP contribution in [0.3, 0.4) is 0 Å². The molecule has 4 saturated carbocycles. The number of carbonyl (C=O) groups excluding carboxylic acids is 3. The molecule has 2 aromatic carbocycles. The lowest BCUT2D eigenvalue weighted by atomic mass is 9.48. The average molecular weight is 475 g/mol. The zero-order chi connectivity index (χ0) is 24.4. The second-order valence-corrected chi connectivity index (χ2v) is 10.9. The molecule has 2 N–H and O–H groups in total. The Bertz CT molecular complexity index is 1040. The molecular weight excluding hydrogens is 440 g/mol. The van der Waals surface area contributed by atoms with E-state index in [1.165, 1.54) is 38.5 Å². The fraction of sp³-hybridized carbons (Fsp3) is 0.483. The lowest BCUT2D eigenvalue weighted by molar-refractivity contribution is -0.148. The van der Waals surface area contributed by atoms with Gasteiger partial charge in [-0.1, -0.05) is 42.5 Å². The van der Waals surface area contributed by atoms with Gasteiger partial charge < -0.3 is 15.4 Å². The molecule has 184 valence electrons. The van der Waals surface area contributed by atoms with Gasteiger partial charge in [-0.05, 0) is 91.9 Å². The van der Waals surface area contributed by atoms with Gasteiger partial charge in [0.25, 0.3) is 11.8 Å². The van der Waals surface area contributed by atoms with E-state index in [0.717, 1.165) is 28.9 Å². The van der Waals surface area contributed by atoms with E-state index in [4.69, 9.17) is 4.74 Å². The molecule has 4 aliphatic carbocycles. The number of carbonyl (C=O) groups is 3. The number of nitrogens with one attached hydrogen (secondary N) is 2. The second-order valence-electron chi connectivity index (χ2n) is 10.9. The molecule has 0 aliphatic heterocycles. The molecular formula is C29H34N2O4. The van der Waals surface area contributed by atoms with Crippen molar-refractivity contribution < 1.29 is 19.1 Å². The summed E-state index contributed by atoms with van der Waals surface area (Å²) in [5, 5.41) is 5.66. The van der Waals surface area contributed by atoms with Gasteiger partial charge in [-0.2, -0.15) is 0 Å². The maximum atomic E-state index is 12.5. The van der Waals surface area contributed by atoms with Crippen LogP contribution >= 0.6 is 0 Å². The minimum atomic E-state index is -0.628. The van der Waals surface area contributed by atoms with E-state index in [2.05, 4.69) is 17.6 Å². The molecule has 0 radical (unpaired) electrons. The van der Waals surface area contributed by atoms with E-state index in [0.29, 0.717) is 5.56 Å². The molecule has 6 rings (SSSR count). The summed E-state index contributed by atoms with van der Waals surface area (Å²) in [7, 11) is 0. The third-order valence-corrected chi connectivity index (χ3v) is 8.39. The monoisotopic (exact) mass is 474 g/mol. The topological polar surface area (TPSA) is 84.5 Å². The van der Waals surface area contributed by atoms with E-state index >= 15 is 0 Å². The van der Waals surface area contributed by atoms with Crippen LogP contribution in [0.15, 0.2) is 54.6 Å². The molecule has 35 heavy (non-hydrogen) atoms. The fourth-order valence-corrected chi connectivity index (χ4v) is 7.04. The van der Waals surface area contributed by atoms with Gasteiger partial charge in [-0.15, -0.1) is 0 Å². The van der Waals surface area contributed by atoms with Crippen molar-refractivity contribution in [2.24, 2.45) is 23.2 Å². The lowest BCUT2D eigenvalue weighted by Crippen LogP contribution is -2.56. The fourth-order valence-electron chi connectivity index (χ4n) is 7.04. The Balaban J connectivity index is 1.05. The highest BCUT2D eigenvalue weighted by Gasteiger charge is 2.53. The third kappa shape index (κ3) is 5.26. The molecule has 6 nitrogen and oxygen atoms in total. The summed E-state index contributed by atoms with van der Waals surface area (Å²) < 4.78 is 5.12. The summed E-state index contributed by atoms with van der Waals surface area (Å²) in [6, 6.07) is 17.2. The van der Waals surface area contributed by atoms with Gasteiger partial charge in [0.2, 0.25) is 0 Å². The number of esters is 1. The third-order valence-electron chi connectivity index (χ3n) is 8.39. The smallest absolute Gasteiger partial charge is 0.325 e. The summed E-state index contributed by atoms with van der Waals surface area (Å²) in [5.74, 6) is 1.19. The summed E-state index contributed by atoms with van der Waals surface area (Å²) in [6.45, 7) is 1.50. The molecule has 6 heteroatoms. The van der Waals surface area contributed by atoms with Gasteiger partial charge in [0, 0.05) is 11.6 Å². The molecule has 1 unspecified atom stereocenters. The Morgan fingerprint density at radius 2 is 1.46 bits per heavy atom. The average Bonchev–Trinajstić information content (AvgIpc) is 2.86. The first-order valence-corrected chi connectivity index (χ1v) is 12.8. The van der Waals surface area contributed by atoms with Crippen LogP contribution in [-0.4, -0.2) is 37.0 Å². The van der Waals surface area contributed by atoms with Crippen LogP contribution in [0.2, 0.25) is 0 Å². The van der Waals surface area contributed by atoms with Crippen molar-refractivity contribution in [2.45, 2.75) is 51.5 Å². The highest BCUT2D eigenvalue weighted by Crippen LogP contribution is 2.61. The molecule has 4 fully saturated rings. The number of hydrogen-bond donors (Lipinski definition) is 2. The molecule has 0 heterocycles. The number of ether oxygens (including phenoxy) is 1. The molecule has 0 aromatic heterocycles. The van der Waals surface area contributed by atoms with Crippen molar-refractivity contribution in [3.05, 3.63) is 60.2 Å². The van der Waals surface area contributed by atoms with Crippen LogP contribution in [0.5, 0.6) is 0 Å². The standard InChI is InChI=1S/C29H34N2O4/c1-19(29-14-20-11-21(15-29)13-22(12-20)16-29)31-26(32)18-35-27(33)17-30-28(34)25-9-7-24(8-10-25)23-5-3-2-4-6-23/h2-10,19-22H,11-18H2,1H3,(H,30,34)(H,31,32). The lowest BCUT2D eigenvalue weighted by Gasteiger charge is -2.59. The predicted molar refractivity (Wildman–Crippen MR) is 133 cm³/mol. The van der Waals surface area contributed by atoms with Gasteiger partial charge in [0.05, 0.1) is 0 Å². The number of rotatable bonds is 8. The largest absolute Gasteiger partial charge is 0.454 e. The van der Waals surface area contributed by atoms with E-state index in [1.807, 2.05) is 42.5 Å². The molecule has 1 atom stereocenters. The summed E-state index contributed by atoms with van der Waals surface area (Å²) in [4.78, 5) is 37.0. The van der Waals surface area contributed by atoms with Crippen molar-refractivity contribution in [2.75, 3.05) is 13.2 Å². The Morgan fingerprint density at radius 3 is 2.06 bits per heavy atom. The Kier molecular flexibility index (Phi) is 6.63.